The Morgan fingerprint density at radius 3 is 2.35 bits per heavy atom. The highest BCUT2D eigenvalue weighted by Crippen LogP contribution is 2.39. The minimum absolute atomic E-state index is 0.467. The highest BCUT2D eigenvalue weighted by atomic mass is 19.4. The number of aromatic nitrogens is 1. The molecule has 0 fully saturated rings. The molecule has 0 bridgehead atoms. The summed E-state index contributed by atoms with van der Waals surface area (Å²) in [5.74, 6) is -0.848. The number of pyridine rings is 1. The third-order valence-electron chi connectivity index (χ3n) is 1.84. The van der Waals surface area contributed by atoms with E-state index in [-0.39, 0.29) is 0 Å². The van der Waals surface area contributed by atoms with Crippen molar-refractivity contribution >= 4 is 0 Å². The fraction of sp³-hybridized carbons (Fsp3) is 0.333. The van der Waals surface area contributed by atoms with E-state index < -0.39 is 35.3 Å². The molecule has 0 amide bonds. The summed E-state index contributed by atoms with van der Waals surface area (Å²) in [6, 6.07) is 1.59. The lowest BCUT2D eigenvalue weighted by atomic mass is 10.1. The van der Waals surface area contributed by atoms with E-state index in [0.29, 0.717) is 6.07 Å². The number of alkyl halides is 5. The molecule has 0 aromatic carbocycles. The third-order valence-corrected chi connectivity index (χ3v) is 1.84. The van der Waals surface area contributed by atoms with Gasteiger partial charge in [-0.1, -0.05) is 0 Å². The predicted octanol–water partition coefficient (Wildman–Crippen LogP) is 2.92. The number of nitrogens with zero attached hydrogens (tertiary/aromatic N) is 2. The van der Waals surface area contributed by atoms with Gasteiger partial charge in [-0.2, -0.15) is 18.4 Å². The van der Waals surface area contributed by atoms with Gasteiger partial charge in [0.25, 0.3) is 6.43 Å². The molecule has 0 saturated heterocycles. The van der Waals surface area contributed by atoms with Crippen LogP contribution in [0.3, 0.4) is 0 Å². The molecule has 0 spiro atoms. The van der Waals surface area contributed by atoms with Crippen LogP contribution in [0.2, 0.25) is 0 Å². The summed E-state index contributed by atoms with van der Waals surface area (Å²) < 4.78 is 66.7. The number of ether oxygens (including phenoxy) is 1. The summed E-state index contributed by atoms with van der Waals surface area (Å²) in [6.45, 7) is 0. The van der Waals surface area contributed by atoms with Gasteiger partial charge in [-0.05, 0) is 0 Å². The summed E-state index contributed by atoms with van der Waals surface area (Å²) in [5, 5.41) is 8.50. The van der Waals surface area contributed by atoms with Crippen molar-refractivity contribution in [3.63, 3.8) is 0 Å². The Morgan fingerprint density at radius 2 is 2.00 bits per heavy atom. The van der Waals surface area contributed by atoms with Gasteiger partial charge < -0.3 is 4.74 Å². The SMILES string of the molecule is COc1cc(C(F)F)nc(C#N)c1C(F)(F)F. The number of rotatable bonds is 2. The molecule has 1 aromatic heterocycles. The van der Waals surface area contributed by atoms with Crippen LogP contribution in [-0.2, 0) is 6.18 Å². The highest BCUT2D eigenvalue weighted by molar-refractivity contribution is 5.46. The molecule has 8 heteroatoms. The lowest BCUT2D eigenvalue weighted by Gasteiger charge is -2.14. The standard InChI is InChI=1S/C9H5F5N2O/c1-17-6-2-4(8(10)11)16-5(3-15)7(6)9(12,13)14/h2,8H,1H3. The maximum Gasteiger partial charge on any atom is 0.422 e. The first-order chi connectivity index (χ1) is 7.81. The van der Waals surface area contributed by atoms with E-state index in [0.717, 1.165) is 13.2 Å². The first-order valence-corrected chi connectivity index (χ1v) is 4.15. The minimum atomic E-state index is -4.90. The van der Waals surface area contributed by atoms with E-state index in [4.69, 9.17) is 5.26 Å². The number of hydrogen-bond acceptors (Lipinski definition) is 3. The van der Waals surface area contributed by atoms with Crippen LogP contribution in [0.1, 0.15) is 23.4 Å². The zero-order valence-corrected chi connectivity index (χ0v) is 8.35. The molecule has 0 radical (unpaired) electrons. The third kappa shape index (κ3) is 2.61. The molecule has 0 unspecified atom stereocenters. The molecular formula is C9H5F5N2O. The Balaban J connectivity index is 3.55. The van der Waals surface area contributed by atoms with Crippen LogP contribution < -0.4 is 4.74 Å². The largest absolute Gasteiger partial charge is 0.496 e. The van der Waals surface area contributed by atoms with Crippen molar-refractivity contribution in [3.05, 3.63) is 23.0 Å². The van der Waals surface area contributed by atoms with Crippen molar-refractivity contribution in [2.45, 2.75) is 12.6 Å². The second-order valence-corrected chi connectivity index (χ2v) is 2.88. The monoisotopic (exact) mass is 252 g/mol. The van der Waals surface area contributed by atoms with Crippen molar-refractivity contribution in [3.8, 4) is 11.8 Å². The number of nitriles is 1. The summed E-state index contributed by atoms with van der Waals surface area (Å²) in [7, 11) is 0.890. The average Bonchev–Trinajstić information content (AvgIpc) is 2.25. The van der Waals surface area contributed by atoms with E-state index >= 15 is 0 Å². The van der Waals surface area contributed by atoms with Gasteiger partial charge in [0.1, 0.15) is 23.1 Å². The molecular weight excluding hydrogens is 247 g/mol. The lowest BCUT2D eigenvalue weighted by Crippen LogP contribution is -2.13. The molecule has 0 N–H and O–H groups in total. The summed E-state index contributed by atoms with van der Waals surface area (Å²) >= 11 is 0. The van der Waals surface area contributed by atoms with Crippen LogP contribution in [0.5, 0.6) is 5.75 Å². The first-order valence-electron chi connectivity index (χ1n) is 4.15. The van der Waals surface area contributed by atoms with Gasteiger partial charge in [-0.3, -0.25) is 0 Å². The molecule has 0 aliphatic carbocycles. The average molecular weight is 252 g/mol. The van der Waals surface area contributed by atoms with Crippen molar-refractivity contribution < 1.29 is 26.7 Å². The Bertz CT molecular complexity index is 464. The second-order valence-electron chi connectivity index (χ2n) is 2.88. The van der Waals surface area contributed by atoms with Crippen LogP contribution in [0.15, 0.2) is 6.07 Å². The van der Waals surface area contributed by atoms with Crippen molar-refractivity contribution in [1.82, 2.24) is 4.98 Å². The van der Waals surface area contributed by atoms with Gasteiger partial charge in [0, 0.05) is 6.07 Å². The van der Waals surface area contributed by atoms with Gasteiger partial charge in [-0.25, -0.2) is 13.8 Å². The van der Waals surface area contributed by atoms with Crippen LogP contribution in [0.4, 0.5) is 22.0 Å². The number of halogens is 5. The van der Waals surface area contributed by atoms with E-state index in [2.05, 4.69) is 9.72 Å². The van der Waals surface area contributed by atoms with Gasteiger partial charge in [0.05, 0.1) is 7.11 Å². The van der Waals surface area contributed by atoms with Crippen LogP contribution in [0, 0.1) is 11.3 Å². The lowest BCUT2D eigenvalue weighted by molar-refractivity contribution is -0.139. The maximum absolute atomic E-state index is 12.6. The summed E-state index contributed by atoms with van der Waals surface area (Å²) in [5.41, 5.74) is -3.52. The van der Waals surface area contributed by atoms with Crippen molar-refractivity contribution in [2.24, 2.45) is 0 Å². The van der Waals surface area contributed by atoms with Gasteiger partial charge >= 0.3 is 6.18 Å². The van der Waals surface area contributed by atoms with E-state index in [1.807, 2.05) is 0 Å². The van der Waals surface area contributed by atoms with E-state index in [1.54, 1.807) is 0 Å². The van der Waals surface area contributed by atoms with Crippen LogP contribution in [-0.4, -0.2) is 12.1 Å². The van der Waals surface area contributed by atoms with Crippen molar-refractivity contribution in [2.75, 3.05) is 7.11 Å². The van der Waals surface area contributed by atoms with Gasteiger partial charge in [-0.15, -0.1) is 0 Å². The second kappa shape index (κ2) is 4.53. The molecule has 92 valence electrons. The van der Waals surface area contributed by atoms with Gasteiger partial charge in [0.15, 0.2) is 5.69 Å². The maximum atomic E-state index is 12.6. The first kappa shape index (κ1) is 13.2. The fourth-order valence-electron chi connectivity index (χ4n) is 1.17. The Labute approximate surface area is 92.4 Å². The molecule has 17 heavy (non-hydrogen) atoms. The fourth-order valence-corrected chi connectivity index (χ4v) is 1.17. The Morgan fingerprint density at radius 1 is 1.41 bits per heavy atom. The van der Waals surface area contributed by atoms with Crippen LogP contribution in [0.25, 0.3) is 0 Å². The van der Waals surface area contributed by atoms with Crippen LogP contribution >= 0.6 is 0 Å². The summed E-state index contributed by atoms with van der Waals surface area (Å²) in [6.07, 6.45) is -7.98. The van der Waals surface area contributed by atoms with E-state index in [9.17, 15) is 22.0 Å². The molecule has 0 aliphatic rings. The Hall–Kier alpha value is -1.91. The molecule has 3 nitrogen and oxygen atoms in total. The quantitative estimate of drug-likeness (QED) is 0.760. The zero-order valence-electron chi connectivity index (χ0n) is 8.35. The topological polar surface area (TPSA) is 45.9 Å². The number of hydrogen-bond donors (Lipinski definition) is 0. The number of methoxy groups -OCH3 is 1. The molecule has 1 aromatic rings. The highest BCUT2D eigenvalue weighted by Gasteiger charge is 2.39. The zero-order chi connectivity index (χ0) is 13.2. The van der Waals surface area contributed by atoms with E-state index in [1.165, 1.54) is 0 Å². The summed E-state index contributed by atoms with van der Waals surface area (Å²) in [4.78, 5) is 2.95. The predicted molar refractivity (Wildman–Crippen MR) is 45.5 cm³/mol. The molecule has 1 rings (SSSR count). The Kier molecular flexibility index (Phi) is 3.50. The molecule has 0 saturated carbocycles. The molecule has 1 heterocycles. The van der Waals surface area contributed by atoms with Gasteiger partial charge in [0.2, 0.25) is 0 Å². The molecule has 0 aliphatic heterocycles. The normalized spacial score (nSPS) is 11.4. The molecule has 0 atom stereocenters. The van der Waals surface area contributed by atoms with Crippen molar-refractivity contribution in [1.29, 1.82) is 5.26 Å². The smallest absolute Gasteiger partial charge is 0.422 e. The minimum Gasteiger partial charge on any atom is -0.496 e.